The van der Waals surface area contributed by atoms with Crippen LogP contribution in [0.1, 0.15) is 18.4 Å². The molecule has 1 aromatic carbocycles. The van der Waals surface area contributed by atoms with Gasteiger partial charge in [0.2, 0.25) is 0 Å². The van der Waals surface area contributed by atoms with Crippen molar-refractivity contribution in [1.29, 1.82) is 0 Å². The Kier molecular flexibility index (Phi) is 4.55. The van der Waals surface area contributed by atoms with Gasteiger partial charge in [0, 0.05) is 13.0 Å². The van der Waals surface area contributed by atoms with Gasteiger partial charge in [0.1, 0.15) is 18.8 Å². The minimum absolute atomic E-state index is 0.0613. The van der Waals surface area contributed by atoms with Gasteiger partial charge in [0.25, 0.3) is 0 Å². The number of piperidine rings is 1. The number of benzene rings is 1. The van der Waals surface area contributed by atoms with Crippen LogP contribution < -0.4 is 0 Å². The van der Waals surface area contributed by atoms with Gasteiger partial charge < -0.3 is 9.84 Å². The van der Waals surface area contributed by atoms with Crippen LogP contribution in [0.5, 0.6) is 0 Å². The molecule has 1 aromatic rings. The van der Waals surface area contributed by atoms with Crippen molar-refractivity contribution in [3.8, 4) is 0 Å². The quantitative estimate of drug-likeness (QED) is 0.922. The number of hydrogen-bond acceptors (Lipinski definition) is 3. The molecule has 1 saturated heterocycles. The smallest absolute Gasteiger partial charge is 0.410 e. The molecule has 1 amide bonds. The Bertz CT molecular complexity index is 479. The zero-order valence-electron chi connectivity index (χ0n) is 10.9. The molecule has 2 atom stereocenters. The molecule has 0 saturated carbocycles. The number of halogens is 1. The van der Waals surface area contributed by atoms with E-state index in [2.05, 4.69) is 0 Å². The molecule has 0 bridgehead atoms. The summed E-state index contributed by atoms with van der Waals surface area (Å²) in [5.74, 6) is -1.20. The molecular weight excluding hydrogens is 265 g/mol. The second-order valence-electron chi connectivity index (χ2n) is 4.71. The lowest BCUT2D eigenvalue weighted by molar-refractivity contribution is -0.144. The van der Waals surface area contributed by atoms with Crippen molar-refractivity contribution in [1.82, 2.24) is 4.90 Å². The number of hydrogen-bond donors (Lipinski definition) is 1. The summed E-state index contributed by atoms with van der Waals surface area (Å²) >= 11 is 0. The Morgan fingerprint density at radius 2 is 2.05 bits per heavy atom. The number of carboxylic acid groups (broad SMARTS) is 1. The number of carboxylic acids is 1. The zero-order chi connectivity index (χ0) is 14.5. The number of aliphatic carboxylic acids is 1. The maximum atomic E-state index is 13.2. The molecule has 20 heavy (non-hydrogen) atoms. The minimum atomic E-state index is -1.20. The van der Waals surface area contributed by atoms with E-state index >= 15 is 0 Å². The third-order valence-corrected chi connectivity index (χ3v) is 3.26. The van der Waals surface area contributed by atoms with E-state index in [4.69, 9.17) is 9.84 Å². The van der Waals surface area contributed by atoms with E-state index < -0.39 is 24.3 Å². The van der Waals surface area contributed by atoms with Gasteiger partial charge in [0.05, 0.1) is 0 Å². The number of rotatable bonds is 3. The maximum Gasteiger partial charge on any atom is 0.410 e. The lowest BCUT2D eigenvalue weighted by Gasteiger charge is -2.33. The summed E-state index contributed by atoms with van der Waals surface area (Å²) in [6, 6.07) is 7.93. The molecule has 6 heteroatoms. The standard InChI is InChI=1S/C14H16FNO4/c15-11-6-7-16(12(8-11)13(17)18)14(19)20-9-10-4-2-1-3-5-10/h1-5,11-12H,6-9H2,(H,17,18). The Hall–Kier alpha value is -2.11. The van der Waals surface area contributed by atoms with Crippen LogP contribution in [-0.4, -0.2) is 40.8 Å². The highest BCUT2D eigenvalue weighted by Crippen LogP contribution is 2.21. The molecular formula is C14H16FNO4. The summed E-state index contributed by atoms with van der Waals surface area (Å²) in [4.78, 5) is 24.1. The van der Waals surface area contributed by atoms with Crippen LogP contribution in [0.4, 0.5) is 9.18 Å². The molecule has 108 valence electrons. The molecule has 1 heterocycles. The van der Waals surface area contributed by atoms with E-state index in [0.717, 1.165) is 10.5 Å². The first-order valence-electron chi connectivity index (χ1n) is 6.42. The van der Waals surface area contributed by atoms with Gasteiger partial charge in [-0.3, -0.25) is 4.90 Å². The number of nitrogens with zero attached hydrogens (tertiary/aromatic N) is 1. The number of alkyl halides is 1. The number of carbonyl (C=O) groups excluding carboxylic acids is 1. The fraction of sp³-hybridized carbons (Fsp3) is 0.429. The normalized spacial score (nSPS) is 22.4. The Balaban J connectivity index is 1.95. The minimum Gasteiger partial charge on any atom is -0.480 e. The second kappa shape index (κ2) is 6.36. The van der Waals surface area contributed by atoms with Crippen LogP contribution in [0.3, 0.4) is 0 Å². The molecule has 5 nitrogen and oxygen atoms in total. The largest absolute Gasteiger partial charge is 0.480 e. The molecule has 2 unspecified atom stereocenters. The molecule has 1 N–H and O–H groups in total. The van der Waals surface area contributed by atoms with Crippen LogP contribution in [0.15, 0.2) is 30.3 Å². The summed E-state index contributed by atoms with van der Waals surface area (Å²) in [6.45, 7) is 0.132. The lowest BCUT2D eigenvalue weighted by Crippen LogP contribution is -2.50. The van der Waals surface area contributed by atoms with Crippen molar-refractivity contribution >= 4 is 12.1 Å². The lowest BCUT2D eigenvalue weighted by atomic mass is 10.0. The van der Waals surface area contributed by atoms with E-state index in [1.807, 2.05) is 18.2 Å². The van der Waals surface area contributed by atoms with Gasteiger partial charge in [-0.1, -0.05) is 30.3 Å². The molecule has 1 aliphatic rings. The highest BCUT2D eigenvalue weighted by Gasteiger charge is 2.37. The van der Waals surface area contributed by atoms with E-state index in [1.165, 1.54) is 0 Å². The first-order valence-corrected chi connectivity index (χ1v) is 6.42. The summed E-state index contributed by atoms with van der Waals surface area (Å²) in [5, 5.41) is 9.04. The topological polar surface area (TPSA) is 66.8 Å². The van der Waals surface area contributed by atoms with Gasteiger partial charge in [-0.05, 0) is 12.0 Å². The molecule has 0 aromatic heterocycles. The van der Waals surface area contributed by atoms with Crippen molar-refractivity contribution in [2.45, 2.75) is 31.7 Å². The SMILES string of the molecule is O=C(O)C1CC(F)CCN1C(=O)OCc1ccccc1. The maximum absolute atomic E-state index is 13.2. The zero-order valence-corrected chi connectivity index (χ0v) is 10.9. The highest BCUT2D eigenvalue weighted by atomic mass is 19.1. The fourth-order valence-corrected chi connectivity index (χ4v) is 2.18. The van der Waals surface area contributed by atoms with E-state index in [-0.39, 0.29) is 26.0 Å². The Morgan fingerprint density at radius 1 is 1.35 bits per heavy atom. The molecule has 0 aliphatic carbocycles. The van der Waals surface area contributed by atoms with Gasteiger partial charge in [0.15, 0.2) is 0 Å². The molecule has 0 radical (unpaired) electrons. The van der Waals surface area contributed by atoms with E-state index in [0.29, 0.717) is 0 Å². The van der Waals surface area contributed by atoms with Gasteiger partial charge in [-0.15, -0.1) is 0 Å². The van der Waals surface area contributed by atoms with Crippen LogP contribution in [-0.2, 0) is 16.1 Å². The van der Waals surface area contributed by atoms with Gasteiger partial charge >= 0.3 is 12.1 Å². The third kappa shape index (κ3) is 3.46. The summed E-state index contributed by atoms with van der Waals surface area (Å²) < 4.78 is 18.3. The number of ether oxygens (including phenoxy) is 1. The van der Waals surface area contributed by atoms with Crippen LogP contribution >= 0.6 is 0 Å². The fourth-order valence-electron chi connectivity index (χ4n) is 2.18. The van der Waals surface area contributed by atoms with Gasteiger partial charge in [-0.25, -0.2) is 14.0 Å². The molecule has 1 fully saturated rings. The average Bonchev–Trinajstić information content (AvgIpc) is 2.45. The van der Waals surface area contributed by atoms with Crippen LogP contribution in [0, 0.1) is 0 Å². The predicted molar refractivity (Wildman–Crippen MR) is 68.9 cm³/mol. The van der Waals surface area contributed by atoms with E-state index in [9.17, 15) is 14.0 Å². The highest BCUT2D eigenvalue weighted by molar-refractivity contribution is 5.80. The van der Waals surface area contributed by atoms with Crippen molar-refractivity contribution in [3.05, 3.63) is 35.9 Å². The van der Waals surface area contributed by atoms with Crippen LogP contribution in [0.25, 0.3) is 0 Å². The van der Waals surface area contributed by atoms with Crippen molar-refractivity contribution in [2.24, 2.45) is 0 Å². The van der Waals surface area contributed by atoms with Crippen molar-refractivity contribution in [2.75, 3.05) is 6.54 Å². The first-order chi connectivity index (χ1) is 9.58. The summed E-state index contributed by atoms with van der Waals surface area (Å²) in [6.07, 6.45) is -1.94. The second-order valence-corrected chi connectivity index (χ2v) is 4.71. The van der Waals surface area contributed by atoms with Crippen molar-refractivity contribution in [3.63, 3.8) is 0 Å². The molecule has 2 rings (SSSR count). The van der Waals surface area contributed by atoms with Gasteiger partial charge in [-0.2, -0.15) is 0 Å². The third-order valence-electron chi connectivity index (χ3n) is 3.26. The summed E-state index contributed by atoms with van der Waals surface area (Å²) in [5.41, 5.74) is 0.813. The van der Waals surface area contributed by atoms with Crippen molar-refractivity contribution < 1.29 is 23.8 Å². The Morgan fingerprint density at radius 3 is 2.70 bits per heavy atom. The number of likely N-dealkylation sites (tertiary alicyclic amines) is 1. The Labute approximate surface area is 116 Å². The van der Waals surface area contributed by atoms with E-state index in [1.54, 1.807) is 12.1 Å². The number of carbonyl (C=O) groups is 2. The first kappa shape index (κ1) is 14.3. The monoisotopic (exact) mass is 281 g/mol. The average molecular weight is 281 g/mol. The molecule has 1 aliphatic heterocycles. The summed E-state index contributed by atoms with van der Waals surface area (Å²) in [7, 11) is 0. The van der Waals surface area contributed by atoms with Crippen LogP contribution in [0.2, 0.25) is 0 Å². The number of amides is 1. The molecule has 0 spiro atoms. The predicted octanol–water partition coefficient (Wildman–Crippen LogP) is 2.21.